The number of nitrogens with zero attached hydrogens (tertiary/aromatic N) is 1. The molecule has 1 N–H and O–H groups in total. The topological polar surface area (TPSA) is 66.5 Å². The predicted molar refractivity (Wildman–Crippen MR) is 93.5 cm³/mol. The van der Waals surface area contributed by atoms with Gasteiger partial charge in [0.15, 0.2) is 0 Å². The van der Waals surface area contributed by atoms with E-state index in [2.05, 4.69) is 4.72 Å². The first-order valence-corrected chi connectivity index (χ1v) is 9.42. The van der Waals surface area contributed by atoms with Crippen LogP contribution in [0.3, 0.4) is 0 Å². The van der Waals surface area contributed by atoms with Gasteiger partial charge in [0.05, 0.1) is 4.90 Å². The first-order valence-electron chi connectivity index (χ1n) is 7.56. The van der Waals surface area contributed by atoms with E-state index in [1.54, 1.807) is 17.0 Å². The zero-order chi connectivity index (χ0) is 17.2. The number of amides is 1. The number of nitrogens with one attached hydrogen (secondary N) is 1. The van der Waals surface area contributed by atoms with Gasteiger partial charge in [-0.25, -0.2) is 13.1 Å². The highest BCUT2D eigenvalue weighted by molar-refractivity contribution is 7.89. The normalized spacial score (nSPS) is 18.1. The first-order chi connectivity index (χ1) is 11.5. The van der Waals surface area contributed by atoms with Gasteiger partial charge in [-0.2, -0.15) is 0 Å². The van der Waals surface area contributed by atoms with Gasteiger partial charge in [0.2, 0.25) is 15.9 Å². The maximum absolute atomic E-state index is 12.3. The molecule has 0 aliphatic carbocycles. The summed E-state index contributed by atoms with van der Waals surface area (Å²) in [5, 5.41) is 0.365. The number of hydrogen-bond acceptors (Lipinski definition) is 3. The second kappa shape index (κ2) is 6.93. The number of carbonyl (C=O) groups excluding carboxylic acids is 1. The molecule has 5 nitrogen and oxygen atoms in total. The van der Waals surface area contributed by atoms with E-state index in [4.69, 9.17) is 11.6 Å². The van der Waals surface area contributed by atoms with Crippen molar-refractivity contribution in [3.05, 3.63) is 59.6 Å². The van der Waals surface area contributed by atoms with E-state index in [0.29, 0.717) is 18.0 Å². The highest BCUT2D eigenvalue weighted by atomic mass is 35.5. The Labute approximate surface area is 146 Å². The minimum atomic E-state index is -3.63. The van der Waals surface area contributed by atoms with Gasteiger partial charge in [0.25, 0.3) is 0 Å². The quantitative estimate of drug-likeness (QED) is 0.887. The van der Waals surface area contributed by atoms with Crippen LogP contribution in [-0.4, -0.2) is 27.4 Å². The molecule has 3 rings (SSSR count). The van der Waals surface area contributed by atoms with Crippen molar-refractivity contribution in [2.75, 3.05) is 18.0 Å². The van der Waals surface area contributed by atoms with Crippen LogP contribution in [0.5, 0.6) is 0 Å². The molecule has 0 aromatic heterocycles. The van der Waals surface area contributed by atoms with Crippen molar-refractivity contribution < 1.29 is 13.2 Å². The third-order valence-electron chi connectivity index (χ3n) is 3.94. The standard InChI is InChI=1S/C17H17ClN2O3S/c18-14-5-4-8-16(10-14)24(22,23)19-11-13-9-17(21)20(12-13)15-6-2-1-3-7-15/h1-8,10,13,19H,9,11-12H2/t13-/m0/s1. The summed E-state index contributed by atoms with van der Waals surface area (Å²) >= 11 is 5.84. The van der Waals surface area contributed by atoms with Crippen molar-refractivity contribution in [3.8, 4) is 0 Å². The highest BCUT2D eigenvalue weighted by Crippen LogP contribution is 2.24. The monoisotopic (exact) mass is 364 g/mol. The van der Waals surface area contributed by atoms with E-state index in [1.165, 1.54) is 12.1 Å². The number of para-hydroxylation sites is 1. The van der Waals surface area contributed by atoms with E-state index in [1.807, 2.05) is 30.3 Å². The van der Waals surface area contributed by atoms with Crippen LogP contribution in [0.2, 0.25) is 5.02 Å². The predicted octanol–water partition coefficient (Wildman–Crippen LogP) is 2.67. The number of rotatable bonds is 5. The van der Waals surface area contributed by atoms with Crippen molar-refractivity contribution in [2.24, 2.45) is 5.92 Å². The van der Waals surface area contributed by atoms with Crippen molar-refractivity contribution in [1.29, 1.82) is 0 Å². The van der Waals surface area contributed by atoms with Crippen LogP contribution < -0.4 is 9.62 Å². The van der Waals surface area contributed by atoms with Crippen LogP contribution in [0, 0.1) is 5.92 Å². The molecule has 0 radical (unpaired) electrons. The van der Waals surface area contributed by atoms with E-state index in [-0.39, 0.29) is 23.3 Å². The number of sulfonamides is 1. The van der Waals surface area contributed by atoms with Gasteiger partial charge in [-0.1, -0.05) is 35.9 Å². The Kier molecular flexibility index (Phi) is 4.89. The molecule has 1 fully saturated rings. The van der Waals surface area contributed by atoms with Crippen LogP contribution >= 0.6 is 11.6 Å². The molecule has 0 spiro atoms. The van der Waals surface area contributed by atoms with Crippen LogP contribution in [0.15, 0.2) is 59.5 Å². The number of hydrogen-bond donors (Lipinski definition) is 1. The largest absolute Gasteiger partial charge is 0.312 e. The van der Waals surface area contributed by atoms with Gasteiger partial charge < -0.3 is 4.90 Å². The molecule has 1 aliphatic heterocycles. The van der Waals surface area contributed by atoms with Crippen molar-refractivity contribution in [2.45, 2.75) is 11.3 Å². The summed E-state index contributed by atoms with van der Waals surface area (Å²) in [5.41, 5.74) is 0.836. The van der Waals surface area contributed by atoms with Crippen LogP contribution in [0.1, 0.15) is 6.42 Å². The maximum atomic E-state index is 12.3. The van der Waals surface area contributed by atoms with Crippen LogP contribution in [0.4, 0.5) is 5.69 Å². The summed E-state index contributed by atoms with van der Waals surface area (Å²) < 4.78 is 27.2. The number of halogens is 1. The summed E-state index contributed by atoms with van der Waals surface area (Å²) in [4.78, 5) is 14.0. The van der Waals surface area contributed by atoms with Gasteiger partial charge in [-0.15, -0.1) is 0 Å². The molecular formula is C17H17ClN2O3S. The summed E-state index contributed by atoms with van der Waals surface area (Å²) in [6.45, 7) is 0.713. The fourth-order valence-corrected chi connectivity index (χ4v) is 4.14. The Hall–Kier alpha value is -1.89. The fourth-order valence-electron chi connectivity index (χ4n) is 2.72. The van der Waals surface area contributed by atoms with E-state index in [0.717, 1.165) is 5.69 Å². The number of carbonyl (C=O) groups is 1. The summed E-state index contributed by atoms with van der Waals surface area (Å²) in [7, 11) is -3.63. The second-order valence-electron chi connectivity index (χ2n) is 5.72. The maximum Gasteiger partial charge on any atom is 0.240 e. The molecular weight excluding hydrogens is 348 g/mol. The smallest absolute Gasteiger partial charge is 0.240 e. The third-order valence-corrected chi connectivity index (χ3v) is 5.60. The van der Waals surface area contributed by atoms with Crippen molar-refractivity contribution in [1.82, 2.24) is 4.72 Å². The molecule has 0 bridgehead atoms. The fraction of sp³-hybridized carbons (Fsp3) is 0.235. The lowest BCUT2D eigenvalue weighted by atomic mass is 10.1. The minimum absolute atomic E-state index is 0.00755. The average Bonchev–Trinajstić information content (AvgIpc) is 2.95. The molecule has 2 aromatic rings. The molecule has 1 atom stereocenters. The highest BCUT2D eigenvalue weighted by Gasteiger charge is 2.31. The van der Waals surface area contributed by atoms with Gasteiger partial charge in [0.1, 0.15) is 0 Å². The molecule has 126 valence electrons. The van der Waals surface area contributed by atoms with E-state index < -0.39 is 10.0 Å². The minimum Gasteiger partial charge on any atom is -0.312 e. The van der Waals surface area contributed by atoms with Gasteiger partial charge in [0, 0.05) is 30.2 Å². The summed E-state index contributed by atoms with van der Waals surface area (Å²) in [5.74, 6) is -0.0557. The molecule has 0 saturated carbocycles. The Bertz CT molecular complexity index is 840. The zero-order valence-corrected chi connectivity index (χ0v) is 14.4. The average molecular weight is 365 g/mol. The van der Waals surface area contributed by atoms with Crippen LogP contribution in [0.25, 0.3) is 0 Å². The Morgan fingerprint density at radius 2 is 1.88 bits per heavy atom. The zero-order valence-electron chi connectivity index (χ0n) is 12.9. The Morgan fingerprint density at radius 1 is 1.12 bits per heavy atom. The number of anilines is 1. The molecule has 1 amide bonds. The first kappa shape index (κ1) is 17.0. The lowest BCUT2D eigenvalue weighted by Crippen LogP contribution is -2.31. The SMILES string of the molecule is O=C1C[C@@H](CNS(=O)(=O)c2cccc(Cl)c2)CN1c1ccccc1. The van der Waals surface area contributed by atoms with Gasteiger partial charge in [-0.05, 0) is 36.2 Å². The molecule has 1 aliphatic rings. The van der Waals surface area contributed by atoms with Gasteiger partial charge >= 0.3 is 0 Å². The third kappa shape index (κ3) is 3.77. The molecule has 24 heavy (non-hydrogen) atoms. The number of benzene rings is 2. The van der Waals surface area contributed by atoms with Gasteiger partial charge in [-0.3, -0.25) is 4.79 Å². The molecule has 1 saturated heterocycles. The van der Waals surface area contributed by atoms with Crippen LogP contribution in [-0.2, 0) is 14.8 Å². The Balaban J connectivity index is 1.65. The molecule has 1 heterocycles. The Morgan fingerprint density at radius 3 is 2.58 bits per heavy atom. The summed E-state index contributed by atoms with van der Waals surface area (Å²) in [6, 6.07) is 15.5. The van der Waals surface area contributed by atoms with E-state index in [9.17, 15) is 13.2 Å². The van der Waals surface area contributed by atoms with E-state index >= 15 is 0 Å². The lowest BCUT2D eigenvalue weighted by Gasteiger charge is -2.17. The molecule has 0 unspecified atom stereocenters. The molecule has 2 aromatic carbocycles. The second-order valence-corrected chi connectivity index (χ2v) is 7.92. The van der Waals surface area contributed by atoms with Crippen molar-refractivity contribution >= 4 is 33.2 Å². The summed E-state index contributed by atoms with van der Waals surface area (Å²) in [6.07, 6.45) is 0.326. The molecule has 7 heteroatoms. The van der Waals surface area contributed by atoms with Crippen molar-refractivity contribution in [3.63, 3.8) is 0 Å². The lowest BCUT2D eigenvalue weighted by molar-refractivity contribution is -0.117.